The second-order valence-corrected chi connectivity index (χ2v) is 4.39. The summed E-state index contributed by atoms with van der Waals surface area (Å²) >= 11 is 0. The Morgan fingerprint density at radius 1 is 1.38 bits per heavy atom. The van der Waals surface area contributed by atoms with Gasteiger partial charge in [0.05, 0.1) is 13.2 Å². The Kier molecular flexibility index (Phi) is 8.37. The van der Waals surface area contributed by atoms with Crippen LogP contribution in [0.3, 0.4) is 0 Å². The van der Waals surface area contributed by atoms with Gasteiger partial charge in [-0.05, 0) is 13.0 Å². The zero-order valence-electron chi connectivity index (χ0n) is 13.3. The van der Waals surface area contributed by atoms with Crippen molar-refractivity contribution < 1.29 is 24.2 Å². The number of anilines is 1. The van der Waals surface area contributed by atoms with Crippen molar-refractivity contribution in [3.8, 4) is 5.88 Å². The summed E-state index contributed by atoms with van der Waals surface area (Å²) in [6, 6.07) is 5.15. The number of aromatic nitrogens is 1. The van der Waals surface area contributed by atoms with Crippen molar-refractivity contribution in [2.45, 2.75) is 13.3 Å². The monoisotopic (exact) mass is 336 g/mol. The number of rotatable bonds is 9. The number of ether oxygens (including phenoxy) is 2. The SMILES string of the molecule is CCN=C(N)Nc1cccc(OCCCOC(=O)/C=C\C(=O)O)n1. The molecule has 0 aliphatic heterocycles. The fourth-order valence-corrected chi connectivity index (χ4v) is 1.50. The van der Waals surface area contributed by atoms with Crippen molar-refractivity contribution in [3.63, 3.8) is 0 Å². The van der Waals surface area contributed by atoms with E-state index in [-0.39, 0.29) is 19.2 Å². The second-order valence-electron chi connectivity index (χ2n) is 4.39. The highest BCUT2D eigenvalue weighted by Crippen LogP contribution is 2.11. The molecule has 24 heavy (non-hydrogen) atoms. The molecule has 0 bridgehead atoms. The number of hydrogen-bond acceptors (Lipinski definition) is 6. The van der Waals surface area contributed by atoms with Gasteiger partial charge < -0.3 is 25.6 Å². The molecule has 0 amide bonds. The predicted octanol–water partition coefficient (Wildman–Crippen LogP) is 0.781. The van der Waals surface area contributed by atoms with E-state index in [2.05, 4.69) is 15.3 Å². The van der Waals surface area contributed by atoms with Crippen LogP contribution in [0, 0.1) is 0 Å². The molecule has 9 nitrogen and oxygen atoms in total. The summed E-state index contributed by atoms with van der Waals surface area (Å²) in [6.45, 7) is 2.82. The molecule has 0 radical (unpaired) electrons. The summed E-state index contributed by atoms with van der Waals surface area (Å²) in [6.07, 6.45) is 2.00. The third-order valence-electron chi connectivity index (χ3n) is 2.45. The Bertz CT molecular complexity index is 616. The lowest BCUT2D eigenvalue weighted by Gasteiger charge is -2.08. The number of guanidine groups is 1. The van der Waals surface area contributed by atoms with Crippen LogP contribution in [-0.2, 0) is 14.3 Å². The van der Waals surface area contributed by atoms with Crippen LogP contribution >= 0.6 is 0 Å². The molecule has 1 aromatic rings. The molecule has 9 heteroatoms. The van der Waals surface area contributed by atoms with E-state index in [9.17, 15) is 9.59 Å². The van der Waals surface area contributed by atoms with Gasteiger partial charge in [-0.3, -0.25) is 4.99 Å². The Labute approximate surface area is 139 Å². The minimum absolute atomic E-state index is 0.108. The smallest absolute Gasteiger partial charge is 0.331 e. The zero-order chi connectivity index (χ0) is 17.8. The highest BCUT2D eigenvalue weighted by Gasteiger charge is 2.02. The average Bonchev–Trinajstić information content (AvgIpc) is 2.53. The quantitative estimate of drug-likeness (QED) is 0.198. The van der Waals surface area contributed by atoms with E-state index in [1.807, 2.05) is 6.92 Å². The minimum atomic E-state index is -1.21. The van der Waals surface area contributed by atoms with E-state index >= 15 is 0 Å². The molecule has 0 spiro atoms. The number of nitrogens with two attached hydrogens (primary N) is 1. The number of aliphatic carboxylic acids is 1. The molecule has 0 unspecified atom stereocenters. The van der Waals surface area contributed by atoms with Crippen molar-refractivity contribution >= 4 is 23.7 Å². The molecule has 1 heterocycles. The van der Waals surface area contributed by atoms with Crippen LogP contribution < -0.4 is 15.8 Å². The van der Waals surface area contributed by atoms with Crippen LogP contribution in [0.5, 0.6) is 5.88 Å². The summed E-state index contributed by atoms with van der Waals surface area (Å²) in [7, 11) is 0. The van der Waals surface area contributed by atoms with Crippen LogP contribution in [0.4, 0.5) is 5.82 Å². The summed E-state index contributed by atoms with van der Waals surface area (Å²) < 4.78 is 10.2. The van der Waals surface area contributed by atoms with Crippen LogP contribution in [-0.4, -0.2) is 47.7 Å². The predicted molar refractivity (Wildman–Crippen MR) is 87.9 cm³/mol. The van der Waals surface area contributed by atoms with E-state index < -0.39 is 11.9 Å². The maximum Gasteiger partial charge on any atom is 0.331 e. The first-order chi connectivity index (χ1) is 11.5. The zero-order valence-corrected chi connectivity index (χ0v) is 13.3. The van der Waals surface area contributed by atoms with E-state index in [1.165, 1.54) is 0 Å². The van der Waals surface area contributed by atoms with Gasteiger partial charge in [0.25, 0.3) is 0 Å². The largest absolute Gasteiger partial charge is 0.478 e. The molecule has 0 aliphatic carbocycles. The summed E-state index contributed by atoms with van der Waals surface area (Å²) in [4.78, 5) is 29.5. The van der Waals surface area contributed by atoms with Crippen LogP contribution in [0.2, 0.25) is 0 Å². The molecule has 1 rings (SSSR count). The number of esters is 1. The lowest BCUT2D eigenvalue weighted by molar-refractivity contribution is -0.139. The van der Waals surface area contributed by atoms with E-state index in [1.54, 1.807) is 18.2 Å². The first-order valence-electron chi connectivity index (χ1n) is 7.25. The van der Waals surface area contributed by atoms with Gasteiger partial charge in [0.15, 0.2) is 5.96 Å². The molecule has 0 fully saturated rings. The number of aliphatic imine (C=N–C) groups is 1. The number of hydrogen-bond donors (Lipinski definition) is 3. The topological polar surface area (TPSA) is 136 Å². The Balaban J connectivity index is 2.31. The van der Waals surface area contributed by atoms with E-state index in [4.69, 9.17) is 20.3 Å². The average molecular weight is 336 g/mol. The van der Waals surface area contributed by atoms with Gasteiger partial charge in [-0.15, -0.1) is 0 Å². The third-order valence-corrected chi connectivity index (χ3v) is 2.45. The highest BCUT2D eigenvalue weighted by molar-refractivity contribution is 5.91. The molecule has 0 aromatic carbocycles. The lowest BCUT2D eigenvalue weighted by Crippen LogP contribution is -2.23. The van der Waals surface area contributed by atoms with Gasteiger partial charge in [-0.2, -0.15) is 4.98 Å². The number of pyridine rings is 1. The normalized spacial score (nSPS) is 11.3. The summed E-state index contributed by atoms with van der Waals surface area (Å²) in [5.41, 5.74) is 5.64. The van der Waals surface area contributed by atoms with Gasteiger partial charge >= 0.3 is 11.9 Å². The van der Waals surface area contributed by atoms with Crippen LogP contribution in [0.15, 0.2) is 35.3 Å². The van der Waals surface area contributed by atoms with Crippen molar-refractivity contribution in [1.29, 1.82) is 0 Å². The van der Waals surface area contributed by atoms with E-state index in [0.29, 0.717) is 24.7 Å². The van der Waals surface area contributed by atoms with E-state index in [0.717, 1.165) is 12.2 Å². The number of nitrogens with zero attached hydrogens (tertiary/aromatic N) is 2. The Hall–Kier alpha value is -3.10. The fourth-order valence-electron chi connectivity index (χ4n) is 1.50. The number of nitrogens with one attached hydrogen (secondary N) is 1. The molecule has 0 atom stereocenters. The standard InChI is InChI=1S/C15H20N4O5/c1-2-17-15(16)19-11-5-3-6-12(18-11)23-9-4-10-24-14(22)8-7-13(20)21/h3,5-8H,2,4,9-10H2,1H3,(H,20,21)(H3,16,17,18,19)/b8-7-. The van der Waals surface area contributed by atoms with Crippen LogP contribution in [0.1, 0.15) is 13.3 Å². The number of carboxylic acid groups (broad SMARTS) is 1. The molecule has 0 aliphatic rings. The number of carbonyl (C=O) groups is 2. The molecule has 1 aromatic heterocycles. The fraction of sp³-hybridized carbons (Fsp3) is 0.333. The van der Waals surface area contributed by atoms with Crippen LogP contribution in [0.25, 0.3) is 0 Å². The van der Waals surface area contributed by atoms with Crippen molar-refractivity contribution in [2.24, 2.45) is 10.7 Å². The lowest BCUT2D eigenvalue weighted by atomic mass is 10.4. The molecular formula is C15H20N4O5. The van der Waals surface area contributed by atoms with Gasteiger partial charge in [0.2, 0.25) is 5.88 Å². The van der Waals surface area contributed by atoms with Gasteiger partial charge in [-0.25, -0.2) is 9.59 Å². The minimum Gasteiger partial charge on any atom is -0.478 e. The number of carbonyl (C=O) groups excluding carboxylic acids is 1. The van der Waals surface area contributed by atoms with Gasteiger partial charge in [0, 0.05) is 31.2 Å². The number of carboxylic acids is 1. The van der Waals surface area contributed by atoms with Crippen molar-refractivity contribution in [3.05, 3.63) is 30.4 Å². The van der Waals surface area contributed by atoms with Crippen molar-refractivity contribution in [2.75, 3.05) is 25.1 Å². The summed E-state index contributed by atoms with van der Waals surface area (Å²) in [5.74, 6) is -0.760. The first-order valence-corrected chi connectivity index (χ1v) is 7.25. The third kappa shape index (κ3) is 8.37. The molecule has 130 valence electrons. The second kappa shape index (κ2) is 10.6. The molecule has 0 saturated carbocycles. The maximum absolute atomic E-state index is 11.1. The highest BCUT2D eigenvalue weighted by atomic mass is 16.5. The van der Waals surface area contributed by atoms with Gasteiger partial charge in [-0.1, -0.05) is 6.07 Å². The Morgan fingerprint density at radius 3 is 2.88 bits per heavy atom. The summed E-state index contributed by atoms with van der Waals surface area (Å²) in [5, 5.41) is 11.2. The molecular weight excluding hydrogens is 316 g/mol. The molecule has 0 saturated heterocycles. The first kappa shape index (κ1) is 18.9. The molecule has 4 N–H and O–H groups in total. The van der Waals surface area contributed by atoms with Crippen molar-refractivity contribution in [1.82, 2.24) is 4.98 Å². The van der Waals surface area contributed by atoms with Gasteiger partial charge in [0.1, 0.15) is 5.82 Å². The maximum atomic E-state index is 11.1. The Morgan fingerprint density at radius 2 is 2.17 bits per heavy atom.